The fourth-order valence-electron chi connectivity index (χ4n) is 3.14. The SMILES string of the molecule is CCCNC(=O)c1cncc(C(=O)Nc2ccc(N3CCCCC3)cc2)c1. The van der Waals surface area contributed by atoms with Crippen molar-refractivity contribution >= 4 is 23.2 Å². The second-order valence-corrected chi connectivity index (χ2v) is 6.77. The number of aromatic nitrogens is 1. The first-order chi connectivity index (χ1) is 13.2. The molecule has 1 aliphatic heterocycles. The highest BCUT2D eigenvalue weighted by molar-refractivity contribution is 6.05. The van der Waals surface area contributed by atoms with Gasteiger partial charge in [0.15, 0.2) is 0 Å². The van der Waals surface area contributed by atoms with Gasteiger partial charge in [0.1, 0.15) is 0 Å². The summed E-state index contributed by atoms with van der Waals surface area (Å²) in [6.07, 6.45) is 7.55. The van der Waals surface area contributed by atoms with Crippen molar-refractivity contribution in [2.75, 3.05) is 29.9 Å². The van der Waals surface area contributed by atoms with Crippen LogP contribution in [0.4, 0.5) is 11.4 Å². The zero-order valence-corrected chi connectivity index (χ0v) is 15.7. The number of carbonyl (C=O) groups is 2. The lowest BCUT2D eigenvalue weighted by Crippen LogP contribution is -2.29. The highest BCUT2D eigenvalue weighted by atomic mass is 16.2. The van der Waals surface area contributed by atoms with Gasteiger partial charge < -0.3 is 15.5 Å². The first kappa shape index (κ1) is 18.9. The molecule has 0 bridgehead atoms. The number of benzene rings is 1. The van der Waals surface area contributed by atoms with E-state index in [0.29, 0.717) is 17.7 Å². The molecule has 1 fully saturated rings. The van der Waals surface area contributed by atoms with Crippen LogP contribution < -0.4 is 15.5 Å². The Morgan fingerprint density at radius 3 is 2.33 bits per heavy atom. The van der Waals surface area contributed by atoms with Crippen molar-refractivity contribution in [3.63, 3.8) is 0 Å². The van der Waals surface area contributed by atoms with Crippen molar-refractivity contribution in [2.45, 2.75) is 32.6 Å². The predicted molar refractivity (Wildman–Crippen MR) is 107 cm³/mol. The lowest BCUT2D eigenvalue weighted by Gasteiger charge is -2.28. The van der Waals surface area contributed by atoms with Crippen molar-refractivity contribution in [1.82, 2.24) is 10.3 Å². The molecular weight excluding hydrogens is 340 g/mol. The largest absolute Gasteiger partial charge is 0.372 e. The molecule has 0 aliphatic carbocycles. The number of nitrogens with one attached hydrogen (secondary N) is 2. The molecule has 2 amide bonds. The Hall–Kier alpha value is -2.89. The predicted octanol–water partition coefficient (Wildman–Crippen LogP) is 3.46. The molecule has 142 valence electrons. The molecule has 1 aromatic heterocycles. The maximum absolute atomic E-state index is 12.5. The molecule has 0 atom stereocenters. The number of piperidine rings is 1. The van der Waals surface area contributed by atoms with Gasteiger partial charge >= 0.3 is 0 Å². The third kappa shape index (κ3) is 5.06. The average molecular weight is 366 g/mol. The summed E-state index contributed by atoms with van der Waals surface area (Å²) in [4.78, 5) is 30.9. The highest BCUT2D eigenvalue weighted by Crippen LogP contribution is 2.22. The van der Waals surface area contributed by atoms with Gasteiger partial charge in [-0.15, -0.1) is 0 Å². The third-order valence-electron chi connectivity index (χ3n) is 4.64. The molecule has 1 aromatic carbocycles. The monoisotopic (exact) mass is 366 g/mol. The molecule has 6 heteroatoms. The number of hydrogen-bond donors (Lipinski definition) is 2. The lowest BCUT2D eigenvalue weighted by molar-refractivity contribution is 0.0953. The van der Waals surface area contributed by atoms with E-state index in [4.69, 9.17) is 0 Å². The van der Waals surface area contributed by atoms with E-state index >= 15 is 0 Å². The Balaban J connectivity index is 1.63. The Labute approximate surface area is 160 Å². The number of pyridine rings is 1. The molecule has 1 aliphatic rings. The van der Waals surface area contributed by atoms with Crippen molar-refractivity contribution < 1.29 is 9.59 Å². The van der Waals surface area contributed by atoms with Crippen LogP contribution in [0.5, 0.6) is 0 Å². The Kier molecular flexibility index (Phi) is 6.41. The molecule has 2 N–H and O–H groups in total. The maximum atomic E-state index is 12.5. The van der Waals surface area contributed by atoms with E-state index in [0.717, 1.165) is 25.2 Å². The first-order valence-corrected chi connectivity index (χ1v) is 9.57. The van der Waals surface area contributed by atoms with Crippen LogP contribution in [0.15, 0.2) is 42.7 Å². The summed E-state index contributed by atoms with van der Waals surface area (Å²) in [6, 6.07) is 9.46. The van der Waals surface area contributed by atoms with Crippen molar-refractivity contribution in [3.05, 3.63) is 53.9 Å². The van der Waals surface area contributed by atoms with Crippen LogP contribution in [0.2, 0.25) is 0 Å². The van der Waals surface area contributed by atoms with Gasteiger partial charge in [0.05, 0.1) is 11.1 Å². The fourth-order valence-corrected chi connectivity index (χ4v) is 3.14. The Morgan fingerprint density at radius 2 is 1.67 bits per heavy atom. The summed E-state index contributed by atoms with van der Waals surface area (Å²) in [5.74, 6) is -0.497. The summed E-state index contributed by atoms with van der Waals surface area (Å²) in [7, 11) is 0. The molecule has 0 saturated carbocycles. The van der Waals surface area contributed by atoms with Gasteiger partial charge in [-0.1, -0.05) is 6.92 Å². The number of carbonyl (C=O) groups excluding carboxylic acids is 2. The minimum atomic E-state index is -0.279. The number of amides is 2. The van der Waals surface area contributed by atoms with E-state index < -0.39 is 0 Å². The van der Waals surface area contributed by atoms with Crippen molar-refractivity contribution in [3.8, 4) is 0 Å². The van der Waals surface area contributed by atoms with Crippen molar-refractivity contribution in [1.29, 1.82) is 0 Å². The fraction of sp³-hybridized carbons (Fsp3) is 0.381. The minimum absolute atomic E-state index is 0.218. The van der Waals surface area contributed by atoms with Gasteiger partial charge in [0.25, 0.3) is 11.8 Å². The molecule has 27 heavy (non-hydrogen) atoms. The molecule has 3 rings (SSSR count). The zero-order chi connectivity index (χ0) is 19.1. The number of hydrogen-bond acceptors (Lipinski definition) is 4. The molecule has 0 unspecified atom stereocenters. The van der Waals surface area contributed by atoms with E-state index in [9.17, 15) is 9.59 Å². The first-order valence-electron chi connectivity index (χ1n) is 9.57. The summed E-state index contributed by atoms with van der Waals surface area (Å²) in [6.45, 7) is 4.76. The number of nitrogens with zero attached hydrogens (tertiary/aromatic N) is 2. The standard InChI is InChI=1S/C21H26N4O2/c1-2-10-23-20(26)16-13-17(15-22-14-16)21(27)24-18-6-8-19(9-7-18)25-11-4-3-5-12-25/h6-9,13-15H,2-5,10-12H2,1H3,(H,23,26)(H,24,27). The van der Waals surface area contributed by atoms with Gasteiger partial charge in [-0.05, 0) is 56.0 Å². The van der Waals surface area contributed by atoms with Crippen LogP contribution in [0.1, 0.15) is 53.3 Å². The Bertz CT molecular complexity index is 783. The van der Waals surface area contributed by atoms with Crippen LogP contribution in [0.25, 0.3) is 0 Å². The van der Waals surface area contributed by atoms with Gasteiger partial charge in [-0.3, -0.25) is 14.6 Å². The van der Waals surface area contributed by atoms with E-state index in [1.807, 2.05) is 31.2 Å². The maximum Gasteiger partial charge on any atom is 0.257 e. The zero-order valence-electron chi connectivity index (χ0n) is 15.7. The molecule has 6 nitrogen and oxygen atoms in total. The topological polar surface area (TPSA) is 74.3 Å². The summed E-state index contributed by atoms with van der Waals surface area (Å²) in [5, 5.41) is 5.66. The molecule has 2 heterocycles. The summed E-state index contributed by atoms with van der Waals surface area (Å²) in [5.41, 5.74) is 2.65. The second-order valence-electron chi connectivity index (χ2n) is 6.77. The summed E-state index contributed by atoms with van der Waals surface area (Å²) < 4.78 is 0. The van der Waals surface area contributed by atoms with Gasteiger partial charge in [0.2, 0.25) is 0 Å². The van der Waals surface area contributed by atoms with Gasteiger partial charge in [-0.25, -0.2) is 0 Å². The number of rotatable bonds is 6. The van der Waals surface area contributed by atoms with Crippen LogP contribution >= 0.6 is 0 Å². The highest BCUT2D eigenvalue weighted by Gasteiger charge is 2.13. The van der Waals surface area contributed by atoms with Gasteiger partial charge in [0, 0.05) is 43.4 Å². The van der Waals surface area contributed by atoms with Gasteiger partial charge in [-0.2, -0.15) is 0 Å². The number of anilines is 2. The minimum Gasteiger partial charge on any atom is -0.372 e. The molecule has 0 spiro atoms. The van der Waals surface area contributed by atoms with Crippen LogP contribution in [-0.2, 0) is 0 Å². The third-order valence-corrected chi connectivity index (χ3v) is 4.64. The molecular formula is C21H26N4O2. The van der Waals surface area contributed by atoms with E-state index in [1.165, 1.54) is 37.3 Å². The second kappa shape index (κ2) is 9.16. The van der Waals surface area contributed by atoms with Crippen LogP contribution in [0.3, 0.4) is 0 Å². The molecule has 0 radical (unpaired) electrons. The molecule has 2 aromatic rings. The lowest BCUT2D eigenvalue weighted by atomic mass is 10.1. The normalized spacial score (nSPS) is 13.9. The Morgan fingerprint density at radius 1 is 1.00 bits per heavy atom. The summed E-state index contributed by atoms with van der Waals surface area (Å²) >= 11 is 0. The average Bonchev–Trinajstić information content (AvgIpc) is 2.73. The van der Waals surface area contributed by atoms with Crippen LogP contribution in [-0.4, -0.2) is 36.4 Å². The van der Waals surface area contributed by atoms with E-state index in [2.05, 4.69) is 20.5 Å². The van der Waals surface area contributed by atoms with E-state index in [1.54, 1.807) is 6.07 Å². The van der Waals surface area contributed by atoms with Crippen LogP contribution in [0, 0.1) is 0 Å². The molecule has 1 saturated heterocycles. The van der Waals surface area contributed by atoms with Crippen molar-refractivity contribution in [2.24, 2.45) is 0 Å². The quantitative estimate of drug-likeness (QED) is 0.821. The van der Waals surface area contributed by atoms with E-state index in [-0.39, 0.29) is 11.8 Å². The smallest absolute Gasteiger partial charge is 0.257 e.